The zero-order chi connectivity index (χ0) is 11.2. The first-order valence-electron chi connectivity index (χ1n) is 5.23. The van der Waals surface area contributed by atoms with Crippen molar-refractivity contribution in [2.75, 3.05) is 5.32 Å². The molecule has 0 fully saturated rings. The molecule has 2 rings (SSSR count). The molecular weight excluding hydrogens is 206 g/mol. The summed E-state index contributed by atoms with van der Waals surface area (Å²) < 4.78 is 0. The van der Waals surface area contributed by atoms with Gasteiger partial charge in [-0.1, -0.05) is 44.2 Å². The summed E-state index contributed by atoms with van der Waals surface area (Å²) in [6, 6.07) is 6.04. The van der Waals surface area contributed by atoms with Crippen molar-refractivity contribution in [1.29, 1.82) is 0 Å². The predicted octanol–water partition coefficient (Wildman–Crippen LogP) is 4.19. The average molecular weight is 222 g/mol. The molecule has 0 aromatic heterocycles. The van der Waals surface area contributed by atoms with Gasteiger partial charge in [-0.15, -0.1) is 0 Å². The number of benzene rings is 1. The minimum absolute atomic E-state index is 0.0137. The lowest BCUT2D eigenvalue weighted by atomic mass is 9.73. The highest BCUT2D eigenvalue weighted by molar-refractivity contribution is 6.33. The molecule has 0 saturated carbocycles. The van der Waals surface area contributed by atoms with Crippen LogP contribution in [0.1, 0.15) is 26.3 Å². The van der Waals surface area contributed by atoms with Gasteiger partial charge in [0.2, 0.25) is 0 Å². The van der Waals surface area contributed by atoms with E-state index in [4.69, 9.17) is 11.6 Å². The Morgan fingerprint density at radius 3 is 2.67 bits per heavy atom. The lowest BCUT2D eigenvalue weighted by Gasteiger charge is -2.30. The zero-order valence-electron chi connectivity index (χ0n) is 9.39. The summed E-state index contributed by atoms with van der Waals surface area (Å²) in [6.45, 7) is 10.8. The third-order valence-corrected chi connectivity index (χ3v) is 3.95. The largest absolute Gasteiger partial charge is 0.357 e. The fourth-order valence-electron chi connectivity index (χ4n) is 2.19. The minimum Gasteiger partial charge on any atom is -0.357 e. The monoisotopic (exact) mass is 221 g/mol. The Morgan fingerprint density at radius 2 is 2.07 bits per heavy atom. The van der Waals surface area contributed by atoms with E-state index in [1.54, 1.807) is 0 Å². The standard InChI is InChI=1S/C13H16ClN/c1-8(2)13(4)9(3)15-12-10(13)6-5-7-11(12)14/h5-8,15H,3H2,1-2,4H3/t13-/m0/s1. The topological polar surface area (TPSA) is 12.0 Å². The van der Waals surface area contributed by atoms with Crippen LogP contribution in [-0.2, 0) is 5.41 Å². The van der Waals surface area contributed by atoms with Gasteiger partial charge in [0.15, 0.2) is 0 Å². The van der Waals surface area contributed by atoms with Gasteiger partial charge < -0.3 is 5.32 Å². The normalized spacial score (nSPS) is 24.2. The second-order valence-electron chi connectivity index (χ2n) is 4.62. The smallest absolute Gasteiger partial charge is 0.0644 e. The summed E-state index contributed by atoms with van der Waals surface area (Å²) in [5, 5.41) is 4.09. The molecule has 1 aliphatic heterocycles. The molecule has 15 heavy (non-hydrogen) atoms. The van der Waals surface area contributed by atoms with E-state index in [1.807, 2.05) is 12.1 Å². The maximum Gasteiger partial charge on any atom is 0.0644 e. The van der Waals surface area contributed by atoms with E-state index in [-0.39, 0.29) is 5.41 Å². The molecule has 0 saturated heterocycles. The Hall–Kier alpha value is -0.950. The first-order chi connectivity index (χ1) is 6.98. The fourth-order valence-corrected chi connectivity index (χ4v) is 2.41. The predicted molar refractivity (Wildman–Crippen MR) is 66.4 cm³/mol. The highest BCUT2D eigenvalue weighted by Crippen LogP contribution is 2.49. The van der Waals surface area contributed by atoms with E-state index in [0.29, 0.717) is 5.92 Å². The molecule has 1 aromatic rings. The van der Waals surface area contributed by atoms with Gasteiger partial charge >= 0.3 is 0 Å². The van der Waals surface area contributed by atoms with Gasteiger partial charge in [-0.3, -0.25) is 0 Å². The number of anilines is 1. The van der Waals surface area contributed by atoms with Crippen molar-refractivity contribution < 1.29 is 0 Å². The fraction of sp³-hybridized carbons (Fsp3) is 0.385. The number of halogens is 1. The number of nitrogens with one attached hydrogen (secondary N) is 1. The lowest BCUT2D eigenvalue weighted by Crippen LogP contribution is -2.28. The van der Waals surface area contributed by atoms with Gasteiger partial charge in [0.1, 0.15) is 0 Å². The molecule has 0 unspecified atom stereocenters. The highest BCUT2D eigenvalue weighted by atomic mass is 35.5. The molecule has 0 amide bonds. The van der Waals surface area contributed by atoms with Crippen LogP contribution in [0.2, 0.25) is 5.02 Å². The summed E-state index contributed by atoms with van der Waals surface area (Å²) in [4.78, 5) is 0. The number of fused-ring (bicyclic) bond motifs is 1. The van der Waals surface area contributed by atoms with Crippen molar-refractivity contribution in [2.45, 2.75) is 26.2 Å². The molecule has 2 heteroatoms. The number of rotatable bonds is 1. The van der Waals surface area contributed by atoms with Crippen LogP contribution in [0.15, 0.2) is 30.5 Å². The SMILES string of the molecule is C=C1Nc2c(Cl)cccc2[C@@]1(C)C(C)C. The number of para-hydroxylation sites is 1. The van der Waals surface area contributed by atoms with Crippen LogP contribution in [0.5, 0.6) is 0 Å². The van der Waals surface area contributed by atoms with Crippen LogP contribution in [0.4, 0.5) is 5.69 Å². The Labute approximate surface area is 96.1 Å². The van der Waals surface area contributed by atoms with Crippen LogP contribution in [0.25, 0.3) is 0 Å². The zero-order valence-corrected chi connectivity index (χ0v) is 10.2. The van der Waals surface area contributed by atoms with Gasteiger partial charge in [-0.2, -0.15) is 0 Å². The van der Waals surface area contributed by atoms with Crippen molar-refractivity contribution in [3.05, 3.63) is 41.1 Å². The summed E-state index contributed by atoms with van der Waals surface area (Å²) in [5.41, 5.74) is 3.32. The van der Waals surface area contributed by atoms with E-state index >= 15 is 0 Å². The second kappa shape index (κ2) is 3.28. The number of hydrogen-bond donors (Lipinski definition) is 1. The Bertz CT molecular complexity index is 423. The summed E-state index contributed by atoms with van der Waals surface area (Å²) in [5.74, 6) is 0.497. The van der Waals surface area contributed by atoms with Crippen molar-refractivity contribution in [3.8, 4) is 0 Å². The van der Waals surface area contributed by atoms with Crippen molar-refractivity contribution in [3.63, 3.8) is 0 Å². The van der Waals surface area contributed by atoms with Gasteiger partial charge in [0.25, 0.3) is 0 Å². The lowest BCUT2D eigenvalue weighted by molar-refractivity contribution is 0.412. The van der Waals surface area contributed by atoms with E-state index < -0.39 is 0 Å². The second-order valence-corrected chi connectivity index (χ2v) is 5.03. The van der Waals surface area contributed by atoms with Gasteiger partial charge in [-0.25, -0.2) is 0 Å². The summed E-state index contributed by atoms with van der Waals surface area (Å²) >= 11 is 6.16. The molecule has 1 atom stereocenters. The van der Waals surface area contributed by atoms with E-state index in [2.05, 4.69) is 38.7 Å². The van der Waals surface area contributed by atoms with Crippen LogP contribution in [0, 0.1) is 5.92 Å². The minimum atomic E-state index is -0.0137. The van der Waals surface area contributed by atoms with Gasteiger partial charge in [-0.05, 0) is 24.5 Å². The van der Waals surface area contributed by atoms with Crippen LogP contribution < -0.4 is 5.32 Å². The van der Waals surface area contributed by atoms with Crippen molar-refractivity contribution in [1.82, 2.24) is 0 Å². The molecular formula is C13H16ClN. The van der Waals surface area contributed by atoms with E-state index in [9.17, 15) is 0 Å². The molecule has 0 spiro atoms. The van der Waals surface area contributed by atoms with Crippen molar-refractivity contribution in [2.24, 2.45) is 5.92 Å². The first-order valence-corrected chi connectivity index (χ1v) is 5.61. The van der Waals surface area contributed by atoms with Gasteiger partial charge in [0.05, 0.1) is 10.7 Å². The van der Waals surface area contributed by atoms with E-state index in [1.165, 1.54) is 5.56 Å². The maximum atomic E-state index is 6.16. The Kier molecular flexibility index (Phi) is 2.31. The molecule has 1 aliphatic rings. The number of hydrogen-bond acceptors (Lipinski definition) is 1. The van der Waals surface area contributed by atoms with Crippen molar-refractivity contribution >= 4 is 17.3 Å². The molecule has 0 radical (unpaired) electrons. The molecule has 1 nitrogen and oxygen atoms in total. The van der Waals surface area contributed by atoms with Crippen LogP contribution in [-0.4, -0.2) is 0 Å². The van der Waals surface area contributed by atoms with E-state index in [0.717, 1.165) is 16.4 Å². The maximum absolute atomic E-state index is 6.16. The van der Waals surface area contributed by atoms with Crippen LogP contribution >= 0.6 is 11.6 Å². The third-order valence-electron chi connectivity index (χ3n) is 3.63. The summed E-state index contributed by atoms with van der Waals surface area (Å²) in [7, 11) is 0. The molecule has 0 bridgehead atoms. The quantitative estimate of drug-likeness (QED) is 0.750. The van der Waals surface area contributed by atoms with Gasteiger partial charge in [0, 0.05) is 11.1 Å². The first kappa shape index (κ1) is 10.6. The number of allylic oxidation sites excluding steroid dienone is 1. The molecule has 1 aromatic carbocycles. The molecule has 1 heterocycles. The molecule has 80 valence electrons. The molecule has 1 N–H and O–H groups in total. The Balaban J connectivity index is 2.65. The Morgan fingerprint density at radius 1 is 1.40 bits per heavy atom. The third kappa shape index (κ3) is 1.30. The average Bonchev–Trinajstić information content (AvgIpc) is 2.44. The van der Waals surface area contributed by atoms with Crippen LogP contribution in [0.3, 0.4) is 0 Å². The summed E-state index contributed by atoms with van der Waals surface area (Å²) in [6.07, 6.45) is 0. The highest BCUT2D eigenvalue weighted by Gasteiger charge is 2.41. The molecule has 0 aliphatic carbocycles.